The average Bonchev–Trinajstić information content (AvgIpc) is 3.91. The number of benzene rings is 8. The van der Waals surface area contributed by atoms with Gasteiger partial charge in [0.25, 0.3) is 0 Å². The lowest BCUT2D eigenvalue weighted by Crippen LogP contribution is -2.03. The van der Waals surface area contributed by atoms with Gasteiger partial charge in [-0.25, -0.2) is 9.97 Å². The lowest BCUT2D eigenvalue weighted by molar-refractivity contribution is 1.02. The minimum atomic E-state index is 0.684. The predicted octanol–water partition coefficient (Wildman–Crippen LogP) is 13.9. The van der Waals surface area contributed by atoms with Gasteiger partial charge in [0.1, 0.15) is 0 Å². The molecule has 0 amide bonds. The van der Waals surface area contributed by atoms with Crippen LogP contribution in [-0.4, -0.2) is 14.5 Å². The first-order valence-corrected chi connectivity index (χ1v) is 19.5. The molecule has 0 unspecified atom stereocenters. The molecule has 0 aliphatic rings. The van der Waals surface area contributed by atoms with E-state index < -0.39 is 0 Å². The molecule has 0 aliphatic heterocycles. The molecule has 5 heteroatoms. The third-order valence-electron chi connectivity index (χ3n) is 10.8. The molecule has 0 fully saturated rings. The number of fused-ring (bicyclic) bond motifs is 15. The molecule has 12 rings (SSSR count). The van der Waals surface area contributed by atoms with Crippen molar-refractivity contribution >= 4 is 106 Å². The zero-order valence-corrected chi connectivity index (χ0v) is 29.9. The van der Waals surface area contributed by atoms with Crippen LogP contribution < -0.4 is 0 Å². The number of thiophene rings is 2. The summed E-state index contributed by atoms with van der Waals surface area (Å²) in [5.41, 5.74) is 7.66. The maximum atomic E-state index is 5.60. The van der Waals surface area contributed by atoms with Gasteiger partial charge in [0.05, 0.1) is 26.9 Å². The van der Waals surface area contributed by atoms with Crippen LogP contribution in [0, 0.1) is 0 Å². The molecular weight excluding hydrogens is 683 g/mol. The molecular formula is C48H27N3S2. The highest BCUT2D eigenvalue weighted by Crippen LogP contribution is 2.49. The number of hydrogen-bond donors (Lipinski definition) is 0. The Labute approximate surface area is 311 Å². The van der Waals surface area contributed by atoms with Crippen molar-refractivity contribution in [2.24, 2.45) is 0 Å². The van der Waals surface area contributed by atoms with E-state index in [1.165, 1.54) is 68.3 Å². The predicted molar refractivity (Wildman–Crippen MR) is 228 cm³/mol. The normalized spacial score (nSPS) is 12.2. The molecule has 0 bridgehead atoms. The van der Waals surface area contributed by atoms with Crippen molar-refractivity contribution in [1.29, 1.82) is 0 Å². The number of hydrogen-bond acceptors (Lipinski definition) is 4. The van der Waals surface area contributed by atoms with Gasteiger partial charge in [-0.3, -0.25) is 4.57 Å². The third-order valence-corrected chi connectivity index (χ3v) is 13.2. The Morgan fingerprint density at radius 1 is 0.415 bits per heavy atom. The van der Waals surface area contributed by atoms with Crippen molar-refractivity contribution < 1.29 is 0 Å². The van der Waals surface area contributed by atoms with E-state index in [0.717, 1.165) is 37.9 Å². The zero-order chi connectivity index (χ0) is 34.6. The molecule has 0 radical (unpaired) electrons. The van der Waals surface area contributed by atoms with Crippen LogP contribution in [0.25, 0.3) is 112 Å². The van der Waals surface area contributed by atoms with Gasteiger partial charge in [-0.15, -0.1) is 22.7 Å². The summed E-state index contributed by atoms with van der Waals surface area (Å²) < 4.78 is 7.28. The molecule has 4 aromatic heterocycles. The van der Waals surface area contributed by atoms with Crippen LogP contribution in [0.1, 0.15) is 0 Å². The Hall–Kier alpha value is -6.40. The first-order chi connectivity index (χ1) is 26.3. The fourth-order valence-electron chi connectivity index (χ4n) is 8.44. The Kier molecular flexibility index (Phi) is 6.09. The zero-order valence-electron chi connectivity index (χ0n) is 28.2. The number of rotatable bonds is 3. The van der Waals surface area contributed by atoms with Crippen LogP contribution in [0.15, 0.2) is 164 Å². The summed E-state index contributed by atoms with van der Waals surface area (Å²) in [5.74, 6) is 0.684. The summed E-state index contributed by atoms with van der Waals surface area (Å²) in [4.78, 5) is 11.2. The molecule has 8 aromatic carbocycles. The highest BCUT2D eigenvalue weighted by atomic mass is 32.1. The highest BCUT2D eigenvalue weighted by Gasteiger charge is 2.25. The summed E-state index contributed by atoms with van der Waals surface area (Å²) in [5, 5.41) is 11.1. The van der Waals surface area contributed by atoms with E-state index in [0.29, 0.717) is 5.95 Å². The molecule has 53 heavy (non-hydrogen) atoms. The van der Waals surface area contributed by atoms with Gasteiger partial charge in [-0.1, -0.05) is 146 Å². The molecule has 0 N–H and O–H groups in total. The van der Waals surface area contributed by atoms with Crippen molar-refractivity contribution in [2.45, 2.75) is 0 Å². The molecule has 0 spiro atoms. The van der Waals surface area contributed by atoms with Crippen LogP contribution in [0.3, 0.4) is 0 Å². The second kappa shape index (κ2) is 11.1. The summed E-state index contributed by atoms with van der Waals surface area (Å²) in [6.07, 6.45) is 0. The first-order valence-electron chi connectivity index (χ1n) is 17.8. The van der Waals surface area contributed by atoms with E-state index >= 15 is 0 Å². The smallest absolute Gasteiger partial charge is 0.235 e. The number of aromatic nitrogens is 3. The molecule has 3 nitrogen and oxygen atoms in total. The Bertz CT molecular complexity index is 3450. The third kappa shape index (κ3) is 4.15. The van der Waals surface area contributed by atoms with Crippen LogP contribution in [0.2, 0.25) is 0 Å². The van der Waals surface area contributed by atoms with E-state index in [1.54, 1.807) is 11.3 Å². The molecule has 0 atom stereocenters. The largest absolute Gasteiger partial charge is 0.277 e. The van der Waals surface area contributed by atoms with Crippen molar-refractivity contribution in [2.75, 3.05) is 0 Å². The monoisotopic (exact) mass is 709 g/mol. The molecule has 4 heterocycles. The average molecular weight is 710 g/mol. The van der Waals surface area contributed by atoms with Crippen LogP contribution in [0.4, 0.5) is 0 Å². The lowest BCUT2D eigenvalue weighted by atomic mass is 9.98. The van der Waals surface area contributed by atoms with E-state index in [2.05, 4.69) is 168 Å². The summed E-state index contributed by atoms with van der Waals surface area (Å²) in [6, 6.07) is 59.1. The standard InChI is InChI=1S/C48H27N3S2/c1-3-13-28(14-4-1)31-24-26-38-37(27-31)40-33-19-9-10-20-34(33)46-41(35-21-11-12-22-39(35)52-46)44(40)51(38)48-49-42(30-16-5-2-6-17-30)47-43(50-48)36-25-23-29-15-7-8-18-32(29)45(36)53-47/h1-27H. The second-order valence-electron chi connectivity index (χ2n) is 13.7. The molecule has 12 aromatic rings. The van der Waals surface area contributed by atoms with E-state index in [-0.39, 0.29) is 0 Å². The van der Waals surface area contributed by atoms with Crippen LogP contribution in [-0.2, 0) is 0 Å². The second-order valence-corrected chi connectivity index (χ2v) is 15.8. The van der Waals surface area contributed by atoms with Gasteiger partial charge >= 0.3 is 0 Å². The lowest BCUT2D eigenvalue weighted by Gasteiger charge is -2.12. The SMILES string of the molecule is c1ccc(-c2ccc3c(c2)c2c4ccccc4c4sc5ccccc5c4c2n3-c2nc(-c3ccccc3)c3sc4c5ccccc5ccc4c3n2)cc1. The van der Waals surface area contributed by atoms with Gasteiger partial charge in [-0.05, 0) is 45.5 Å². The topological polar surface area (TPSA) is 30.7 Å². The van der Waals surface area contributed by atoms with E-state index in [4.69, 9.17) is 9.97 Å². The van der Waals surface area contributed by atoms with Crippen molar-refractivity contribution in [3.63, 3.8) is 0 Å². The van der Waals surface area contributed by atoms with Gasteiger partial charge in [0.15, 0.2) is 0 Å². The maximum Gasteiger partial charge on any atom is 0.235 e. The highest BCUT2D eigenvalue weighted by molar-refractivity contribution is 7.27. The van der Waals surface area contributed by atoms with Crippen molar-refractivity contribution in [3.8, 4) is 28.3 Å². The molecule has 0 aliphatic carbocycles. The van der Waals surface area contributed by atoms with E-state index in [1.807, 2.05) is 11.3 Å². The summed E-state index contributed by atoms with van der Waals surface area (Å²) in [7, 11) is 0. The van der Waals surface area contributed by atoms with E-state index in [9.17, 15) is 0 Å². The van der Waals surface area contributed by atoms with Gasteiger partial charge in [-0.2, -0.15) is 0 Å². The summed E-state index contributed by atoms with van der Waals surface area (Å²) >= 11 is 3.67. The minimum Gasteiger partial charge on any atom is -0.277 e. The molecule has 0 saturated carbocycles. The van der Waals surface area contributed by atoms with Crippen molar-refractivity contribution in [1.82, 2.24) is 14.5 Å². The molecule has 246 valence electrons. The van der Waals surface area contributed by atoms with Crippen LogP contribution in [0.5, 0.6) is 0 Å². The van der Waals surface area contributed by atoms with Gasteiger partial charge in [0.2, 0.25) is 5.95 Å². The Balaban J connectivity index is 1.31. The molecule has 0 saturated heterocycles. The quantitative estimate of drug-likeness (QED) is 0.183. The van der Waals surface area contributed by atoms with Crippen LogP contribution >= 0.6 is 22.7 Å². The Morgan fingerprint density at radius 2 is 1.11 bits per heavy atom. The van der Waals surface area contributed by atoms with Gasteiger partial charge < -0.3 is 0 Å². The fourth-order valence-corrected chi connectivity index (χ4v) is 11.0. The maximum absolute atomic E-state index is 5.60. The first kappa shape index (κ1) is 29.2. The fraction of sp³-hybridized carbons (Fsp3) is 0. The summed E-state index contributed by atoms with van der Waals surface area (Å²) in [6.45, 7) is 0. The minimum absolute atomic E-state index is 0.684. The van der Waals surface area contributed by atoms with Gasteiger partial charge in [0, 0.05) is 52.0 Å². The Morgan fingerprint density at radius 3 is 1.94 bits per heavy atom. The number of nitrogens with zero attached hydrogens (tertiary/aromatic N) is 3. The van der Waals surface area contributed by atoms with Crippen molar-refractivity contribution in [3.05, 3.63) is 164 Å².